The lowest BCUT2D eigenvalue weighted by Gasteiger charge is -2.18. The van der Waals surface area contributed by atoms with E-state index in [9.17, 15) is 5.11 Å². The van der Waals surface area contributed by atoms with Gasteiger partial charge in [0.2, 0.25) is 5.89 Å². The summed E-state index contributed by atoms with van der Waals surface area (Å²) in [5.41, 5.74) is 2.97. The number of rotatable bonds is 10. The largest absolute Gasteiger partial charge is 0.444 e. The number of aryl methyl sites for hydroxylation is 1. The predicted octanol–water partition coefficient (Wildman–Crippen LogP) is 4.12. The molecule has 2 aromatic rings. The van der Waals surface area contributed by atoms with E-state index in [1.165, 1.54) is 5.56 Å². The highest BCUT2D eigenvalue weighted by molar-refractivity contribution is 14.0. The van der Waals surface area contributed by atoms with Crippen molar-refractivity contribution in [2.75, 3.05) is 19.7 Å². The zero-order chi connectivity index (χ0) is 19.5. The first-order valence-electron chi connectivity index (χ1n) is 9.80. The highest BCUT2D eigenvalue weighted by Gasteiger charge is 2.09. The quantitative estimate of drug-likeness (QED) is 0.260. The van der Waals surface area contributed by atoms with Gasteiger partial charge in [0.25, 0.3) is 0 Å². The number of aliphatic hydroxyl groups is 1. The fourth-order valence-corrected chi connectivity index (χ4v) is 2.89. The van der Waals surface area contributed by atoms with Crippen molar-refractivity contribution < 1.29 is 9.52 Å². The van der Waals surface area contributed by atoms with Crippen molar-refractivity contribution in [2.45, 2.75) is 46.6 Å². The molecule has 0 spiro atoms. The number of aliphatic hydroxyl groups excluding tert-OH is 1. The van der Waals surface area contributed by atoms with E-state index in [1.54, 1.807) is 6.26 Å². The minimum absolute atomic E-state index is 0. The number of halogens is 1. The van der Waals surface area contributed by atoms with E-state index >= 15 is 0 Å². The van der Waals surface area contributed by atoms with Crippen LogP contribution in [0, 0.1) is 12.8 Å². The lowest BCUT2D eigenvalue weighted by molar-refractivity contribution is 0.251. The van der Waals surface area contributed by atoms with E-state index < -0.39 is 0 Å². The van der Waals surface area contributed by atoms with Gasteiger partial charge in [-0.1, -0.05) is 31.0 Å². The predicted molar refractivity (Wildman–Crippen MR) is 125 cm³/mol. The first-order valence-corrected chi connectivity index (χ1v) is 9.80. The second-order valence-corrected chi connectivity index (χ2v) is 6.75. The van der Waals surface area contributed by atoms with Gasteiger partial charge in [0.15, 0.2) is 5.96 Å². The third-order valence-corrected chi connectivity index (χ3v) is 4.39. The maximum atomic E-state index is 9.20. The highest BCUT2D eigenvalue weighted by atomic mass is 127. The summed E-state index contributed by atoms with van der Waals surface area (Å²) < 4.78 is 5.60. The molecule has 1 aromatic carbocycles. The molecule has 0 aliphatic heterocycles. The number of nitrogens with zero attached hydrogens (tertiary/aromatic N) is 2. The first kappa shape index (κ1) is 24.4. The van der Waals surface area contributed by atoms with Crippen molar-refractivity contribution in [1.82, 2.24) is 15.6 Å². The topological polar surface area (TPSA) is 82.7 Å². The van der Waals surface area contributed by atoms with Gasteiger partial charge in [-0.15, -0.1) is 24.0 Å². The number of hydrogen-bond donors (Lipinski definition) is 3. The monoisotopic (exact) mass is 500 g/mol. The summed E-state index contributed by atoms with van der Waals surface area (Å²) in [6.45, 7) is 8.52. The molecule has 0 amide bonds. The molecule has 28 heavy (non-hydrogen) atoms. The zero-order valence-electron chi connectivity index (χ0n) is 17.1. The van der Waals surface area contributed by atoms with Crippen molar-refractivity contribution >= 4 is 29.9 Å². The Balaban J connectivity index is 0.00000392. The van der Waals surface area contributed by atoms with Gasteiger partial charge in [0.05, 0.1) is 6.54 Å². The Hall–Kier alpha value is -1.61. The molecule has 6 nitrogen and oxygen atoms in total. The SMILES string of the molecule is CCCC(CCO)CNC(=NCc1coc(-c2ccc(C)cc2)n1)NCC.I. The summed E-state index contributed by atoms with van der Waals surface area (Å²) in [6, 6.07) is 8.11. The van der Waals surface area contributed by atoms with Crippen LogP contribution in [0.1, 0.15) is 44.4 Å². The Morgan fingerprint density at radius 1 is 1.18 bits per heavy atom. The number of oxazole rings is 1. The molecule has 3 N–H and O–H groups in total. The van der Waals surface area contributed by atoms with Gasteiger partial charge in [-0.2, -0.15) is 0 Å². The molecule has 1 heterocycles. The number of aromatic nitrogens is 1. The van der Waals surface area contributed by atoms with Crippen LogP contribution in [0.15, 0.2) is 39.9 Å². The molecule has 0 saturated heterocycles. The molecule has 7 heteroatoms. The van der Waals surface area contributed by atoms with Crippen LogP contribution in [0.25, 0.3) is 11.5 Å². The normalized spacial score (nSPS) is 12.4. The van der Waals surface area contributed by atoms with E-state index in [2.05, 4.69) is 34.5 Å². The molecule has 1 atom stereocenters. The molecule has 1 unspecified atom stereocenters. The van der Waals surface area contributed by atoms with E-state index in [0.717, 1.165) is 49.6 Å². The molecule has 0 aliphatic carbocycles. The van der Waals surface area contributed by atoms with Crippen molar-refractivity contribution in [3.05, 3.63) is 41.8 Å². The van der Waals surface area contributed by atoms with Crippen LogP contribution < -0.4 is 10.6 Å². The molecule has 1 aromatic heterocycles. The van der Waals surface area contributed by atoms with Crippen LogP contribution in [0.4, 0.5) is 0 Å². The van der Waals surface area contributed by atoms with Gasteiger partial charge in [0, 0.05) is 25.3 Å². The molecule has 2 rings (SSSR count). The average molecular weight is 500 g/mol. The van der Waals surface area contributed by atoms with Crippen molar-refractivity contribution in [1.29, 1.82) is 0 Å². The number of guanidine groups is 1. The Morgan fingerprint density at radius 3 is 2.57 bits per heavy atom. The van der Waals surface area contributed by atoms with E-state index in [4.69, 9.17) is 4.42 Å². The molecule has 0 bridgehead atoms. The zero-order valence-corrected chi connectivity index (χ0v) is 19.4. The summed E-state index contributed by atoms with van der Waals surface area (Å²) in [5.74, 6) is 1.82. The highest BCUT2D eigenvalue weighted by Crippen LogP contribution is 2.19. The summed E-state index contributed by atoms with van der Waals surface area (Å²) in [7, 11) is 0. The van der Waals surface area contributed by atoms with Gasteiger partial charge >= 0.3 is 0 Å². The lowest BCUT2D eigenvalue weighted by Crippen LogP contribution is -2.40. The van der Waals surface area contributed by atoms with Gasteiger partial charge in [-0.3, -0.25) is 0 Å². The minimum atomic E-state index is 0. The van der Waals surface area contributed by atoms with Crippen LogP contribution in [-0.4, -0.2) is 35.7 Å². The van der Waals surface area contributed by atoms with Gasteiger partial charge in [-0.05, 0) is 44.7 Å². The summed E-state index contributed by atoms with van der Waals surface area (Å²) >= 11 is 0. The van der Waals surface area contributed by atoms with Crippen LogP contribution in [0.2, 0.25) is 0 Å². The Labute approximate surface area is 185 Å². The van der Waals surface area contributed by atoms with E-state index in [-0.39, 0.29) is 30.6 Å². The molecule has 0 saturated carbocycles. The van der Waals surface area contributed by atoms with Crippen LogP contribution in [0.3, 0.4) is 0 Å². The molecule has 0 radical (unpaired) electrons. The minimum Gasteiger partial charge on any atom is -0.444 e. The van der Waals surface area contributed by atoms with Gasteiger partial charge in [0.1, 0.15) is 12.0 Å². The standard InChI is InChI=1S/C21H32N4O2.HI/c1-4-6-17(11-12-26)13-23-21(22-5-2)24-14-19-15-27-20(25-19)18-9-7-16(3)8-10-18;/h7-10,15,17,26H,4-6,11-14H2,1-3H3,(H2,22,23,24);1H. The average Bonchev–Trinajstić information content (AvgIpc) is 3.14. The van der Waals surface area contributed by atoms with E-state index in [1.807, 2.05) is 31.2 Å². The van der Waals surface area contributed by atoms with Gasteiger partial charge < -0.3 is 20.2 Å². The fourth-order valence-electron chi connectivity index (χ4n) is 2.89. The van der Waals surface area contributed by atoms with Crippen LogP contribution in [-0.2, 0) is 6.54 Å². The molecular formula is C21H33IN4O2. The van der Waals surface area contributed by atoms with Crippen molar-refractivity contribution in [3.8, 4) is 11.5 Å². The maximum absolute atomic E-state index is 9.20. The second kappa shape index (κ2) is 13.5. The lowest BCUT2D eigenvalue weighted by atomic mass is 10.0. The molecule has 0 fully saturated rings. The number of nitrogens with one attached hydrogen (secondary N) is 2. The van der Waals surface area contributed by atoms with Gasteiger partial charge in [-0.25, -0.2) is 9.98 Å². The third-order valence-electron chi connectivity index (χ3n) is 4.39. The third kappa shape index (κ3) is 8.18. The first-order chi connectivity index (χ1) is 13.2. The van der Waals surface area contributed by atoms with E-state index in [0.29, 0.717) is 18.4 Å². The van der Waals surface area contributed by atoms with Crippen molar-refractivity contribution in [3.63, 3.8) is 0 Å². The summed E-state index contributed by atoms with van der Waals surface area (Å²) in [4.78, 5) is 9.14. The Bertz CT molecular complexity index is 695. The smallest absolute Gasteiger partial charge is 0.226 e. The maximum Gasteiger partial charge on any atom is 0.226 e. The molecule has 156 valence electrons. The Kier molecular flexibility index (Phi) is 11.8. The number of aliphatic imine (C=N–C) groups is 1. The van der Waals surface area contributed by atoms with Crippen molar-refractivity contribution in [2.24, 2.45) is 10.9 Å². The fraction of sp³-hybridized carbons (Fsp3) is 0.524. The number of benzene rings is 1. The summed E-state index contributed by atoms with van der Waals surface area (Å²) in [6.07, 6.45) is 4.67. The second-order valence-electron chi connectivity index (χ2n) is 6.75. The molecule has 0 aliphatic rings. The molecular weight excluding hydrogens is 467 g/mol. The number of hydrogen-bond acceptors (Lipinski definition) is 4. The summed E-state index contributed by atoms with van der Waals surface area (Å²) in [5, 5.41) is 15.8. The van der Waals surface area contributed by atoms with Crippen LogP contribution >= 0.6 is 24.0 Å². The van der Waals surface area contributed by atoms with Crippen LogP contribution in [0.5, 0.6) is 0 Å². The Morgan fingerprint density at radius 2 is 1.93 bits per heavy atom.